The standard InChI is InChI=1S/C17H26N2O/c1-14-10-15(2)12-16(11-14)18-17(20)13-19-8-6-4-3-5-7-9-19/h10-12H,3-9,13H2,1-2H3,(H,18,20)/p+1. The Balaban J connectivity index is 1.87. The second-order valence-corrected chi connectivity index (χ2v) is 6.12. The van der Waals surface area contributed by atoms with Crippen molar-refractivity contribution in [1.29, 1.82) is 0 Å². The van der Waals surface area contributed by atoms with Crippen LogP contribution in [0.3, 0.4) is 0 Å². The highest BCUT2D eigenvalue weighted by Crippen LogP contribution is 2.13. The predicted octanol–water partition coefficient (Wildman–Crippen LogP) is 2.09. The summed E-state index contributed by atoms with van der Waals surface area (Å²) in [5, 5.41) is 3.05. The van der Waals surface area contributed by atoms with Gasteiger partial charge in [0.1, 0.15) is 0 Å². The molecule has 1 aliphatic heterocycles. The van der Waals surface area contributed by atoms with Crippen LogP contribution in [0.1, 0.15) is 43.2 Å². The molecule has 0 atom stereocenters. The first kappa shape index (κ1) is 15.0. The van der Waals surface area contributed by atoms with Crippen molar-refractivity contribution < 1.29 is 9.69 Å². The number of carbonyl (C=O) groups is 1. The van der Waals surface area contributed by atoms with Gasteiger partial charge in [-0.2, -0.15) is 0 Å². The van der Waals surface area contributed by atoms with Gasteiger partial charge in [0.15, 0.2) is 6.54 Å². The Bertz CT molecular complexity index is 428. The Kier molecular flexibility index (Phi) is 5.60. The van der Waals surface area contributed by atoms with Crippen molar-refractivity contribution in [1.82, 2.24) is 0 Å². The van der Waals surface area contributed by atoms with E-state index in [0.717, 1.165) is 18.8 Å². The van der Waals surface area contributed by atoms with Gasteiger partial charge in [0.2, 0.25) is 0 Å². The lowest BCUT2D eigenvalue weighted by atomic mass is 10.1. The molecule has 0 saturated carbocycles. The smallest absolute Gasteiger partial charge is 0.279 e. The van der Waals surface area contributed by atoms with Crippen molar-refractivity contribution in [2.45, 2.75) is 46.0 Å². The van der Waals surface area contributed by atoms with Gasteiger partial charge in [-0.15, -0.1) is 0 Å². The highest BCUT2D eigenvalue weighted by molar-refractivity contribution is 5.91. The highest BCUT2D eigenvalue weighted by atomic mass is 16.2. The number of benzene rings is 1. The average molecular weight is 275 g/mol. The molecular formula is C17H27N2O+. The van der Waals surface area contributed by atoms with Crippen molar-refractivity contribution in [3.05, 3.63) is 29.3 Å². The van der Waals surface area contributed by atoms with Crippen LogP contribution in [0.2, 0.25) is 0 Å². The third-order valence-electron chi connectivity index (χ3n) is 3.98. The first-order chi connectivity index (χ1) is 9.63. The van der Waals surface area contributed by atoms with E-state index >= 15 is 0 Å². The van der Waals surface area contributed by atoms with Crippen molar-refractivity contribution in [2.75, 3.05) is 25.0 Å². The Morgan fingerprint density at radius 2 is 1.55 bits per heavy atom. The van der Waals surface area contributed by atoms with Crippen LogP contribution < -0.4 is 10.2 Å². The number of hydrogen-bond acceptors (Lipinski definition) is 1. The molecule has 1 aliphatic rings. The fourth-order valence-electron chi connectivity index (χ4n) is 3.06. The van der Waals surface area contributed by atoms with E-state index in [-0.39, 0.29) is 5.91 Å². The summed E-state index contributed by atoms with van der Waals surface area (Å²) in [6.07, 6.45) is 6.52. The number of aryl methyl sites for hydroxylation is 2. The number of nitrogens with one attached hydrogen (secondary N) is 2. The van der Waals surface area contributed by atoms with Crippen LogP contribution in [0, 0.1) is 13.8 Å². The van der Waals surface area contributed by atoms with Crippen LogP contribution in [0.15, 0.2) is 18.2 Å². The lowest BCUT2D eigenvalue weighted by molar-refractivity contribution is -0.892. The van der Waals surface area contributed by atoms with Gasteiger partial charge in [-0.1, -0.05) is 12.5 Å². The van der Waals surface area contributed by atoms with Crippen LogP contribution in [0.4, 0.5) is 5.69 Å². The second-order valence-electron chi connectivity index (χ2n) is 6.12. The predicted molar refractivity (Wildman–Crippen MR) is 83.2 cm³/mol. The molecule has 20 heavy (non-hydrogen) atoms. The molecule has 0 radical (unpaired) electrons. The molecule has 1 fully saturated rings. The normalized spacial score (nSPS) is 17.3. The van der Waals surface area contributed by atoms with Crippen LogP contribution in [0.25, 0.3) is 0 Å². The maximum atomic E-state index is 12.2. The summed E-state index contributed by atoms with van der Waals surface area (Å²) in [7, 11) is 0. The number of carbonyl (C=O) groups excluding carboxylic acids is 1. The quantitative estimate of drug-likeness (QED) is 0.870. The summed E-state index contributed by atoms with van der Waals surface area (Å²) in [5.74, 6) is 0.144. The zero-order valence-corrected chi connectivity index (χ0v) is 12.8. The molecule has 2 rings (SSSR count). The molecule has 3 heteroatoms. The van der Waals surface area contributed by atoms with Gasteiger partial charge in [0.25, 0.3) is 5.91 Å². The SMILES string of the molecule is Cc1cc(C)cc(NC(=O)C[NH+]2CCCCCCC2)c1. The summed E-state index contributed by atoms with van der Waals surface area (Å²) < 4.78 is 0. The minimum Gasteiger partial charge on any atom is -0.327 e. The van der Waals surface area contributed by atoms with E-state index in [4.69, 9.17) is 0 Å². The van der Waals surface area contributed by atoms with Crippen molar-refractivity contribution in [3.8, 4) is 0 Å². The number of quaternary nitrogens is 1. The molecule has 3 nitrogen and oxygen atoms in total. The van der Waals surface area contributed by atoms with Gasteiger partial charge in [-0.25, -0.2) is 0 Å². The summed E-state index contributed by atoms with van der Waals surface area (Å²) in [4.78, 5) is 13.6. The van der Waals surface area contributed by atoms with Gasteiger partial charge < -0.3 is 10.2 Å². The number of likely N-dealkylation sites (tertiary alicyclic amines) is 1. The van der Waals surface area contributed by atoms with Gasteiger partial charge in [0.05, 0.1) is 13.1 Å². The van der Waals surface area contributed by atoms with E-state index in [1.807, 2.05) is 12.1 Å². The summed E-state index contributed by atoms with van der Waals surface area (Å²) in [6, 6.07) is 6.20. The van der Waals surface area contributed by atoms with Crippen LogP contribution in [-0.2, 0) is 4.79 Å². The molecule has 1 amide bonds. The van der Waals surface area contributed by atoms with Crippen molar-refractivity contribution >= 4 is 11.6 Å². The Hall–Kier alpha value is -1.35. The first-order valence-electron chi connectivity index (χ1n) is 7.85. The molecule has 0 spiro atoms. The average Bonchev–Trinajstić information content (AvgIpc) is 2.31. The Labute approximate surface area is 122 Å². The monoisotopic (exact) mass is 275 g/mol. The number of amides is 1. The maximum Gasteiger partial charge on any atom is 0.279 e. The lowest BCUT2D eigenvalue weighted by Gasteiger charge is -2.21. The van der Waals surface area contributed by atoms with Gasteiger partial charge in [-0.3, -0.25) is 4.79 Å². The van der Waals surface area contributed by atoms with Crippen LogP contribution in [-0.4, -0.2) is 25.5 Å². The van der Waals surface area contributed by atoms with Crippen LogP contribution in [0.5, 0.6) is 0 Å². The minimum absolute atomic E-state index is 0.144. The second kappa shape index (κ2) is 7.44. The highest BCUT2D eigenvalue weighted by Gasteiger charge is 2.15. The van der Waals surface area contributed by atoms with Gasteiger partial charge in [0, 0.05) is 5.69 Å². The van der Waals surface area contributed by atoms with E-state index < -0.39 is 0 Å². The molecule has 1 aromatic rings. The van der Waals surface area contributed by atoms with E-state index in [0.29, 0.717) is 6.54 Å². The fourth-order valence-corrected chi connectivity index (χ4v) is 3.06. The van der Waals surface area contributed by atoms with Crippen LogP contribution >= 0.6 is 0 Å². The van der Waals surface area contributed by atoms with Gasteiger partial charge in [-0.05, 0) is 62.8 Å². The first-order valence-corrected chi connectivity index (χ1v) is 7.85. The third-order valence-corrected chi connectivity index (χ3v) is 3.98. The fraction of sp³-hybridized carbons (Fsp3) is 0.588. The zero-order valence-electron chi connectivity index (χ0n) is 12.8. The minimum atomic E-state index is 0.144. The number of hydrogen-bond donors (Lipinski definition) is 2. The topological polar surface area (TPSA) is 33.5 Å². The van der Waals surface area contributed by atoms with E-state index in [2.05, 4.69) is 25.2 Å². The Morgan fingerprint density at radius 1 is 1.00 bits per heavy atom. The van der Waals surface area contributed by atoms with E-state index in [1.54, 1.807) is 0 Å². The van der Waals surface area contributed by atoms with E-state index in [1.165, 1.54) is 48.1 Å². The maximum absolute atomic E-state index is 12.2. The molecule has 0 unspecified atom stereocenters. The van der Waals surface area contributed by atoms with Crippen molar-refractivity contribution in [2.24, 2.45) is 0 Å². The lowest BCUT2D eigenvalue weighted by Crippen LogP contribution is -3.13. The molecular weight excluding hydrogens is 248 g/mol. The molecule has 0 bridgehead atoms. The van der Waals surface area contributed by atoms with E-state index in [9.17, 15) is 4.79 Å². The molecule has 1 saturated heterocycles. The van der Waals surface area contributed by atoms with Crippen molar-refractivity contribution in [3.63, 3.8) is 0 Å². The molecule has 1 heterocycles. The summed E-state index contributed by atoms with van der Waals surface area (Å²) in [6.45, 7) is 7.01. The Morgan fingerprint density at radius 3 is 2.15 bits per heavy atom. The molecule has 110 valence electrons. The molecule has 2 N–H and O–H groups in total. The molecule has 0 aliphatic carbocycles. The summed E-state index contributed by atoms with van der Waals surface area (Å²) >= 11 is 0. The zero-order chi connectivity index (χ0) is 14.4. The molecule has 0 aromatic heterocycles. The number of anilines is 1. The molecule has 1 aromatic carbocycles. The van der Waals surface area contributed by atoms with Gasteiger partial charge >= 0.3 is 0 Å². The largest absolute Gasteiger partial charge is 0.327 e. The third kappa shape index (κ3) is 4.97. The number of rotatable bonds is 3. The summed E-state index contributed by atoms with van der Waals surface area (Å²) in [5.41, 5.74) is 3.32.